The van der Waals surface area contributed by atoms with Crippen molar-refractivity contribution < 1.29 is 32.8 Å². The second-order valence-electron chi connectivity index (χ2n) is 12.2. The number of allylic oxidation sites excluding steroid dienone is 1. The van der Waals surface area contributed by atoms with Crippen LogP contribution in [0.1, 0.15) is 105 Å². The molecule has 8 atom stereocenters. The Labute approximate surface area is 201 Å². The molecule has 0 aromatic rings. The van der Waals surface area contributed by atoms with Gasteiger partial charge in [-0.05, 0) is 97.7 Å². The third kappa shape index (κ3) is 4.31. The van der Waals surface area contributed by atoms with Crippen LogP contribution in [-0.4, -0.2) is 11.2 Å². The maximum atomic E-state index is 10.2. The van der Waals surface area contributed by atoms with Gasteiger partial charge in [-0.15, -0.1) is 0 Å². The van der Waals surface area contributed by atoms with Gasteiger partial charge in [-0.1, -0.05) is 65.5 Å². The summed E-state index contributed by atoms with van der Waals surface area (Å²) in [7, 11) is 0. The van der Waals surface area contributed by atoms with Crippen molar-refractivity contribution in [3.8, 4) is 0 Å². The Balaban J connectivity index is 0.00000240. The van der Waals surface area contributed by atoms with Gasteiger partial charge in [0, 0.05) is 27.7 Å². The van der Waals surface area contributed by atoms with E-state index in [0.717, 1.165) is 48.3 Å². The fourth-order valence-corrected chi connectivity index (χ4v) is 8.67. The molecule has 0 saturated heterocycles. The van der Waals surface area contributed by atoms with Gasteiger partial charge in [-0.25, -0.2) is 0 Å². The van der Waals surface area contributed by atoms with Crippen LogP contribution < -0.4 is 0 Å². The Morgan fingerprint density at radius 3 is 2.48 bits per heavy atom. The summed E-state index contributed by atoms with van der Waals surface area (Å²) in [6, 6.07) is 0. The van der Waals surface area contributed by atoms with E-state index in [1.54, 1.807) is 5.57 Å². The second-order valence-corrected chi connectivity index (χ2v) is 12.2. The molecule has 1 nitrogen and oxygen atoms in total. The van der Waals surface area contributed by atoms with Crippen LogP contribution in [0.25, 0.3) is 0 Å². The normalized spacial score (nSPS) is 44.9. The van der Waals surface area contributed by atoms with E-state index >= 15 is 0 Å². The zero-order chi connectivity index (χ0) is 20.1. The average Bonchev–Trinajstić information content (AvgIpc) is 2.99. The van der Waals surface area contributed by atoms with Crippen molar-refractivity contribution in [3.63, 3.8) is 0 Å². The second kappa shape index (κ2) is 9.25. The number of rotatable bonds is 5. The summed E-state index contributed by atoms with van der Waals surface area (Å²) in [5.41, 5.74) is 2.60. The maximum absolute atomic E-state index is 10.2. The SMILES string of the molecule is CC(C)CCCC(C)[C@H]1CC[C@H]2[C@@H]3CC=C4C[C@@H](O)CC[C@]4(C)[C@H]3CC[C@]12C.[Hg]. The van der Waals surface area contributed by atoms with Crippen molar-refractivity contribution in [2.45, 2.75) is 111 Å². The molecule has 4 aliphatic rings. The molecule has 4 rings (SSSR count). The fourth-order valence-electron chi connectivity index (χ4n) is 8.67. The smallest absolute Gasteiger partial charge is 0.0577 e. The van der Waals surface area contributed by atoms with Gasteiger partial charge in [0.25, 0.3) is 0 Å². The summed E-state index contributed by atoms with van der Waals surface area (Å²) in [5.74, 6) is 5.46. The van der Waals surface area contributed by atoms with Gasteiger partial charge >= 0.3 is 0 Å². The summed E-state index contributed by atoms with van der Waals surface area (Å²) >= 11 is 0. The molecule has 1 N–H and O–H groups in total. The fraction of sp³-hybridized carbons (Fsp3) is 0.926. The predicted octanol–water partition coefficient (Wildman–Crippen LogP) is 7.39. The molecular weight excluding hydrogens is 541 g/mol. The largest absolute Gasteiger partial charge is 0.393 e. The van der Waals surface area contributed by atoms with Crippen molar-refractivity contribution >= 4 is 0 Å². The van der Waals surface area contributed by atoms with E-state index in [1.807, 2.05) is 0 Å². The summed E-state index contributed by atoms with van der Waals surface area (Å²) < 4.78 is 0. The van der Waals surface area contributed by atoms with Crippen LogP contribution in [0, 0.1) is 46.3 Å². The van der Waals surface area contributed by atoms with Crippen molar-refractivity contribution in [2.24, 2.45) is 46.3 Å². The van der Waals surface area contributed by atoms with E-state index in [1.165, 1.54) is 57.8 Å². The van der Waals surface area contributed by atoms with Crippen molar-refractivity contribution in [1.29, 1.82) is 0 Å². The summed E-state index contributed by atoms with van der Waals surface area (Å²) in [6.45, 7) is 12.6. The molecule has 29 heavy (non-hydrogen) atoms. The first-order valence-electron chi connectivity index (χ1n) is 12.6. The monoisotopic (exact) mass is 588 g/mol. The zero-order valence-electron chi connectivity index (χ0n) is 20.1. The Morgan fingerprint density at radius 1 is 1.00 bits per heavy atom. The minimum Gasteiger partial charge on any atom is -0.393 e. The first-order chi connectivity index (χ1) is 13.3. The summed E-state index contributed by atoms with van der Waals surface area (Å²) in [5, 5.41) is 10.2. The van der Waals surface area contributed by atoms with Crippen LogP contribution in [0.3, 0.4) is 0 Å². The van der Waals surface area contributed by atoms with Crippen LogP contribution in [0.5, 0.6) is 0 Å². The van der Waals surface area contributed by atoms with Crippen molar-refractivity contribution in [1.82, 2.24) is 0 Å². The predicted molar refractivity (Wildman–Crippen MR) is 119 cm³/mol. The molecule has 4 aliphatic carbocycles. The van der Waals surface area contributed by atoms with Gasteiger partial charge in [-0.2, -0.15) is 0 Å². The minimum atomic E-state index is -0.0766. The number of aliphatic hydroxyl groups excluding tert-OH is 1. The van der Waals surface area contributed by atoms with Gasteiger partial charge in [0.15, 0.2) is 0 Å². The molecule has 0 spiro atoms. The molecule has 2 heteroatoms. The number of hydrogen-bond acceptors (Lipinski definition) is 1. The standard InChI is InChI=1S/C27H46O.Hg/c1-18(2)7-6-8-19(3)23-11-12-24-22-10-9-20-17-21(28)13-15-26(20,4)25(22)14-16-27(23,24)5;/h9,18-19,21-25,28H,6-8,10-17H2,1-5H3;/t19?,21-,22-,23+,24-,25-,26-,27+;/m0./s1. The molecule has 1 unspecified atom stereocenters. The molecule has 3 fully saturated rings. The molecule has 0 heterocycles. The van der Waals surface area contributed by atoms with E-state index in [9.17, 15) is 5.11 Å². The Kier molecular flexibility index (Phi) is 7.74. The third-order valence-corrected chi connectivity index (χ3v) is 10.3. The van der Waals surface area contributed by atoms with Crippen LogP contribution in [0.15, 0.2) is 11.6 Å². The van der Waals surface area contributed by atoms with Gasteiger partial charge in [0.05, 0.1) is 6.10 Å². The first kappa shape index (κ1) is 24.3. The van der Waals surface area contributed by atoms with Gasteiger partial charge in [-0.3, -0.25) is 0 Å². The third-order valence-electron chi connectivity index (χ3n) is 10.3. The van der Waals surface area contributed by atoms with Crippen LogP contribution in [0.4, 0.5) is 0 Å². The number of fused-ring (bicyclic) bond motifs is 5. The maximum Gasteiger partial charge on any atom is 0.0577 e. The molecular formula is C27H46HgO. The van der Waals surface area contributed by atoms with Crippen molar-refractivity contribution in [3.05, 3.63) is 11.6 Å². The molecule has 0 aromatic carbocycles. The van der Waals surface area contributed by atoms with E-state index < -0.39 is 0 Å². The van der Waals surface area contributed by atoms with Crippen LogP contribution in [0.2, 0.25) is 0 Å². The Morgan fingerprint density at radius 2 is 1.76 bits per heavy atom. The van der Waals surface area contributed by atoms with E-state index in [-0.39, 0.29) is 33.8 Å². The summed E-state index contributed by atoms with van der Waals surface area (Å²) in [6.07, 6.45) is 17.2. The molecule has 0 amide bonds. The van der Waals surface area contributed by atoms with Crippen LogP contribution >= 0.6 is 0 Å². The first-order valence-corrected chi connectivity index (χ1v) is 12.6. The van der Waals surface area contributed by atoms with E-state index in [0.29, 0.717) is 10.8 Å². The Bertz CT molecular complexity index is 597. The molecule has 3 saturated carbocycles. The number of aliphatic hydroxyl groups is 1. The topological polar surface area (TPSA) is 20.2 Å². The average molecular weight is 587 g/mol. The van der Waals surface area contributed by atoms with E-state index in [4.69, 9.17) is 0 Å². The molecule has 0 radical (unpaired) electrons. The molecule has 162 valence electrons. The Hall–Kier alpha value is 0.635. The summed E-state index contributed by atoms with van der Waals surface area (Å²) in [4.78, 5) is 0. The van der Waals surface area contributed by atoms with Crippen LogP contribution in [-0.2, 0) is 27.7 Å². The number of hydrogen-bond donors (Lipinski definition) is 1. The molecule has 0 bridgehead atoms. The zero-order valence-corrected chi connectivity index (χ0v) is 25.5. The van der Waals surface area contributed by atoms with Crippen molar-refractivity contribution in [2.75, 3.05) is 0 Å². The molecule has 0 aromatic heterocycles. The van der Waals surface area contributed by atoms with Gasteiger partial charge < -0.3 is 5.11 Å². The minimum absolute atomic E-state index is 0. The van der Waals surface area contributed by atoms with Gasteiger partial charge in [0.2, 0.25) is 0 Å². The van der Waals surface area contributed by atoms with Gasteiger partial charge in [0.1, 0.15) is 0 Å². The van der Waals surface area contributed by atoms with E-state index in [2.05, 4.69) is 40.7 Å². The molecule has 0 aliphatic heterocycles. The quantitative estimate of drug-likeness (QED) is 0.263.